The van der Waals surface area contributed by atoms with Crippen molar-refractivity contribution >= 4 is 17.3 Å². The van der Waals surface area contributed by atoms with Crippen LogP contribution < -0.4 is 15.5 Å². The Balaban J connectivity index is 2.00. The third-order valence-electron chi connectivity index (χ3n) is 3.59. The van der Waals surface area contributed by atoms with E-state index in [2.05, 4.69) is 41.8 Å². The van der Waals surface area contributed by atoms with Crippen LogP contribution in [0.15, 0.2) is 54.9 Å². The Morgan fingerprint density at radius 1 is 1.09 bits per heavy atom. The molecule has 0 unspecified atom stereocenters. The van der Waals surface area contributed by atoms with Crippen molar-refractivity contribution < 1.29 is 4.90 Å². The predicted molar refractivity (Wildman–Crippen MR) is 98.6 cm³/mol. The van der Waals surface area contributed by atoms with Crippen LogP contribution in [-0.2, 0) is 0 Å². The molecule has 122 valence electrons. The van der Waals surface area contributed by atoms with Gasteiger partial charge >= 0.3 is 0 Å². The monoisotopic (exact) mass is 329 g/mol. The number of hydrogen-bond acceptors (Lipinski definition) is 2. The van der Waals surface area contributed by atoms with Crippen molar-refractivity contribution in [1.82, 2.24) is 15.6 Å². The molecule has 0 aliphatic carbocycles. The lowest BCUT2D eigenvalue weighted by molar-refractivity contribution is -0.858. The van der Waals surface area contributed by atoms with Gasteiger partial charge in [-0.05, 0) is 35.5 Å². The smallest absolute Gasteiger partial charge is 0.167 e. The maximum absolute atomic E-state index is 5.46. The second kappa shape index (κ2) is 9.22. The Morgan fingerprint density at radius 3 is 2.39 bits per heavy atom. The van der Waals surface area contributed by atoms with Crippen molar-refractivity contribution in [1.29, 1.82) is 0 Å². The molecule has 0 fully saturated rings. The van der Waals surface area contributed by atoms with Gasteiger partial charge in [0.15, 0.2) is 5.11 Å². The van der Waals surface area contributed by atoms with E-state index in [1.54, 1.807) is 0 Å². The van der Waals surface area contributed by atoms with E-state index in [0.717, 1.165) is 25.1 Å². The minimum Gasteiger partial charge on any atom is -0.362 e. The molecule has 2 rings (SSSR count). The fourth-order valence-corrected chi connectivity index (χ4v) is 2.61. The molecule has 0 aliphatic heterocycles. The first kappa shape index (κ1) is 17.4. The van der Waals surface area contributed by atoms with E-state index in [0.29, 0.717) is 5.11 Å². The largest absolute Gasteiger partial charge is 0.362 e. The minimum absolute atomic E-state index is 0.0265. The highest BCUT2D eigenvalue weighted by Gasteiger charge is 2.14. The standard InChI is InChI=1S/C18H24N4S/c1-22(2)14-6-11-20-18(23)21-17(15-7-4-3-5-8-15)16-9-12-19-13-10-16/h3-5,7-10,12-13,17H,6,11,14H2,1-2H3,(H2,20,21,23)/p+1/t17-/m1/s1. The maximum Gasteiger partial charge on any atom is 0.167 e. The molecule has 2 aromatic rings. The van der Waals surface area contributed by atoms with Crippen molar-refractivity contribution in [2.24, 2.45) is 0 Å². The van der Waals surface area contributed by atoms with Crippen LogP contribution in [0.3, 0.4) is 0 Å². The average molecular weight is 329 g/mol. The lowest BCUT2D eigenvalue weighted by Gasteiger charge is -2.22. The van der Waals surface area contributed by atoms with Crippen molar-refractivity contribution in [3.8, 4) is 0 Å². The first-order valence-corrected chi connectivity index (χ1v) is 8.36. The van der Waals surface area contributed by atoms with Gasteiger partial charge in [0, 0.05) is 25.4 Å². The molecule has 0 spiro atoms. The quantitative estimate of drug-likeness (QED) is 0.527. The summed E-state index contributed by atoms with van der Waals surface area (Å²) in [6, 6.07) is 14.4. The summed E-state index contributed by atoms with van der Waals surface area (Å²) in [6.45, 7) is 2.01. The van der Waals surface area contributed by atoms with Crippen LogP contribution in [0.25, 0.3) is 0 Å². The zero-order valence-corrected chi connectivity index (χ0v) is 14.6. The third kappa shape index (κ3) is 5.96. The highest BCUT2D eigenvalue weighted by molar-refractivity contribution is 7.80. The number of benzene rings is 1. The molecular weight excluding hydrogens is 304 g/mol. The summed E-state index contributed by atoms with van der Waals surface area (Å²) in [4.78, 5) is 5.55. The molecular formula is C18H25N4S+. The molecule has 0 aliphatic rings. The van der Waals surface area contributed by atoms with Gasteiger partial charge in [0.1, 0.15) is 0 Å². The highest BCUT2D eigenvalue weighted by atomic mass is 32.1. The Kier molecular flexibility index (Phi) is 6.97. The van der Waals surface area contributed by atoms with Crippen LogP contribution in [-0.4, -0.2) is 37.3 Å². The van der Waals surface area contributed by atoms with Crippen LogP contribution in [0.2, 0.25) is 0 Å². The zero-order chi connectivity index (χ0) is 16.5. The molecule has 23 heavy (non-hydrogen) atoms. The number of pyridine rings is 1. The number of nitrogens with one attached hydrogen (secondary N) is 3. The molecule has 0 radical (unpaired) electrons. The normalized spacial score (nSPS) is 12.0. The van der Waals surface area contributed by atoms with E-state index in [1.165, 1.54) is 10.5 Å². The topological polar surface area (TPSA) is 41.4 Å². The van der Waals surface area contributed by atoms with Crippen molar-refractivity contribution in [3.63, 3.8) is 0 Å². The van der Waals surface area contributed by atoms with Crippen LogP contribution in [0, 0.1) is 0 Å². The molecule has 0 bridgehead atoms. The summed E-state index contributed by atoms with van der Waals surface area (Å²) in [5.41, 5.74) is 2.33. The summed E-state index contributed by atoms with van der Waals surface area (Å²) in [5, 5.41) is 7.41. The molecule has 1 aromatic heterocycles. The van der Waals surface area contributed by atoms with Gasteiger partial charge in [-0.15, -0.1) is 0 Å². The molecule has 3 N–H and O–H groups in total. The zero-order valence-electron chi connectivity index (χ0n) is 13.8. The van der Waals surface area contributed by atoms with Gasteiger partial charge in [-0.3, -0.25) is 4.98 Å². The Labute approximate surface area is 143 Å². The van der Waals surface area contributed by atoms with E-state index in [-0.39, 0.29) is 6.04 Å². The molecule has 1 heterocycles. The van der Waals surface area contributed by atoms with E-state index < -0.39 is 0 Å². The fourth-order valence-electron chi connectivity index (χ4n) is 2.39. The average Bonchev–Trinajstić information content (AvgIpc) is 2.58. The van der Waals surface area contributed by atoms with Gasteiger partial charge in [0.2, 0.25) is 0 Å². The van der Waals surface area contributed by atoms with Gasteiger partial charge in [0.25, 0.3) is 0 Å². The fraction of sp³-hybridized carbons (Fsp3) is 0.333. The molecule has 5 heteroatoms. The second-order valence-corrected chi connectivity index (χ2v) is 6.24. The van der Waals surface area contributed by atoms with E-state index >= 15 is 0 Å². The van der Waals surface area contributed by atoms with E-state index in [4.69, 9.17) is 12.2 Å². The number of thiocarbonyl (C=S) groups is 1. The molecule has 1 aromatic carbocycles. The van der Waals surface area contributed by atoms with E-state index in [1.807, 2.05) is 42.7 Å². The lowest BCUT2D eigenvalue weighted by Crippen LogP contribution is -3.05. The van der Waals surface area contributed by atoms with Crippen LogP contribution in [0.1, 0.15) is 23.6 Å². The van der Waals surface area contributed by atoms with Crippen LogP contribution >= 0.6 is 12.2 Å². The third-order valence-corrected chi connectivity index (χ3v) is 3.85. The number of rotatable bonds is 7. The highest BCUT2D eigenvalue weighted by Crippen LogP contribution is 2.21. The summed E-state index contributed by atoms with van der Waals surface area (Å²) in [6.07, 6.45) is 4.71. The van der Waals surface area contributed by atoms with Crippen LogP contribution in [0.5, 0.6) is 0 Å². The number of aromatic nitrogens is 1. The SMILES string of the molecule is C[NH+](C)CCCNC(=S)N[C@H](c1ccccc1)c1ccncc1. The molecule has 0 saturated carbocycles. The number of nitrogens with zero attached hydrogens (tertiary/aromatic N) is 1. The number of quaternary nitrogens is 1. The van der Waals surface area contributed by atoms with Gasteiger partial charge < -0.3 is 15.5 Å². The molecule has 1 atom stereocenters. The molecule has 0 saturated heterocycles. The molecule has 0 amide bonds. The molecule has 4 nitrogen and oxygen atoms in total. The van der Waals surface area contributed by atoms with E-state index in [9.17, 15) is 0 Å². The first-order valence-electron chi connectivity index (χ1n) is 7.95. The Bertz CT molecular complexity index is 547. The Hall–Kier alpha value is -1.98. The Morgan fingerprint density at radius 2 is 1.74 bits per heavy atom. The van der Waals surface area contributed by atoms with Gasteiger partial charge in [-0.25, -0.2) is 0 Å². The summed E-state index contributed by atoms with van der Waals surface area (Å²) in [5.74, 6) is 0. The van der Waals surface area contributed by atoms with Crippen molar-refractivity contribution in [2.45, 2.75) is 12.5 Å². The number of hydrogen-bond donors (Lipinski definition) is 3. The van der Waals surface area contributed by atoms with Crippen molar-refractivity contribution in [2.75, 3.05) is 27.2 Å². The maximum atomic E-state index is 5.46. The second-order valence-electron chi connectivity index (χ2n) is 5.84. The lowest BCUT2D eigenvalue weighted by atomic mass is 10.00. The van der Waals surface area contributed by atoms with Gasteiger partial charge in [-0.2, -0.15) is 0 Å². The van der Waals surface area contributed by atoms with Crippen LogP contribution in [0.4, 0.5) is 0 Å². The first-order chi connectivity index (χ1) is 11.2. The summed E-state index contributed by atoms with van der Waals surface area (Å²) >= 11 is 5.46. The summed E-state index contributed by atoms with van der Waals surface area (Å²) < 4.78 is 0. The van der Waals surface area contributed by atoms with Gasteiger partial charge in [0.05, 0.1) is 26.7 Å². The minimum atomic E-state index is 0.0265. The summed E-state index contributed by atoms with van der Waals surface area (Å²) in [7, 11) is 4.32. The van der Waals surface area contributed by atoms with Gasteiger partial charge in [-0.1, -0.05) is 30.3 Å². The predicted octanol–water partition coefficient (Wildman–Crippen LogP) is 1.17. The van der Waals surface area contributed by atoms with Crippen molar-refractivity contribution in [3.05, 3.63) is 66.0 Å².